The number of carbonyl (C=O) groups excluding carboxylic acids is 4. The van der Waals surface area contributed by atoms with E-state index in [0.29, 0.717) is 0 Å². The smallest absolute Gasteiger partial charge is 0.270 e. The summed E-state index contributed by atoms with van der Waals surface area (Å²) < 4.78 is 0. The van der Waals surface area contributed by atoms with Crippen molar-refractivity contribution in [3.8, 4) is 0 Å². The molecule has 0 aliphatic carbocycles. The van der Waals surface area contributed by atoms with Crippen LogP contribution in [0.2, 0.25) is 0 Å². The molecule has 4 rings (SSSR count). The van der Waals surface area contributed by atoms with Crippen molar-refractivity contribution in [1.29, 1.82) is 0 Å². The van der Waals surface area contributed by atoms with Crippen LogP contribution in [-0.2, 0) is 0 Å². The zero-order chi connectivity index (χ0) is 22.6. The van der Waals surface area contributed by atoms with Crippen LogP contribution in [0, 0.1) is 20.2 Å². The lowest BCUT2D eigenvalue weighted by molar-refractivity contribution is -0.385. The maximum atomic E-state index is 12.7. The van der Waals surface area contributed by atoms with Crippen LogP contribution in [0.5, 0.6) is 0 Å². The highest BCUT2D eigenvalue weighted by Crippen LogP contribution is 2.30. The predicted octanol–water partition coefficient (Wildman–Crippen LogP) is 1.78. The number of imide groups is 2. The molecular weight excluding hydrogens is 412 g/mol. The summed E-state index contributed by atoms with van der Waals surface area (Å²) in [5, 5.41) is 21.9. The largest absolute Gasteiger partial charge is 0.272 e. The number of nitro groups is 2. The van der Waals surface area contributed by atoms with Gasteiger partial charge in [0.15, 0.2) is 0 Å². The molecule has 2 aliphatic rings. The van der Waals surface area contributed by atoms with Gasteiger partial charge in [0.1, 0.15) is 0 Å². The lowest BCUT2D eigenvalue weighted by Crippen LogP contribution is -2.46. The molecule has 0 spiro atoms. The van der Waals surface area contributed by atoms with Crippen molar-refractivity contribution in [2.45, 2.75) is 13.0 Å². The fourth-order valence-corrected chi connectivity index (χ4v) is 3.67. The van der Waals surface area contributed by atoms with Crippen LogP contribution in [-0.4, -0.2) is 55.9 Å². The zero-order valence-electron chi connectivity index (χ0n) is 15.8. The molecule has 2 heterocycles. The second-order valence-corrected chi connectivity index (χ2v) is 7.02. The number of rotatable bonds is 5. The van der Waals surface area contributed by atoms with Gasteiger partial charge in [-0.05, 0) is 19.1 Å². The van der Waals surface area contributed by atoms with E-state index in [0.717, 1.165) is 34.1 Å². The van der Waals surface area contributed by atoms with E-state index < -0.39 is 39.5 Å². The zero-order valence-corrected chi connectivity index (χ0v) is 15.8. The van der Waals surface area contributed by atoms with Gasteiger partial charge in [-0.2, -0.15) is 0 Å². The van der Waals surface area contributed by atoms with Crippen molar-refractivity contribution < 1.29 is 29.0 Å². The van der Waals surface area contributed by atoms with Gasteiger partial charge in [0.2, 0.25) is 0 Å². The monoisotopic (exact) mass is 424 g/mol. The maximum Gasteiger partial charge on any atom is 0.270 e. The van der Waals surface area contributed by atoms with E-state index in [1.807, 2.05) is 0 Å². The second kappa shape index (κ2) is 6.79. The average Bonchev–Trinajstić information content (AvgIpc) is 3.12. The molecule has 31 heavy (non-hydrogen) atoms. The first-order valence-corrected chi connectivity index (χ1v) is 8.92. The van der Waals surface area contributed by atoms with Crippen LogP contribution < -0.4 is 0 Å². The van der Waals surface area contributed by atoms with Crippen molar-refractivity contribution in [2.24, 2.45) is 0 Å². The number of nitro benzene ring substituents is 2. The van der Waals surface area contributed by atoms with Crippen LogP contribution in [0.4, 0.5) is 11.4 Å². The maximum absolute atomic E-state index is 12.7. The topological polar surface area (TPSA) is 161 Å². The quantitative estimate of drug-likeness (QED) is 0.398. The molecule has 1 atom stereocenters. The Morgan fingerprint density at radius 2 is 1.16 bits per heavy atom. The molecule has 0 fully saturated rings. The molecule has 0 N–H and O–H groups in total. The summed E-state index contributed by atoms with van der Waals surface area (Å²) in [5.41, 5.74) is -0.997. The van der Waals surface area contributed by atoms with E-state index in [4.69, 9.17) is 0 Å². The molecule has 0 saturated carbocycles. The molecule has 0 bridgehead atoms. The van der Waals surface area contributed by atoms with Crippen LogP contribution in [0.25, 0.3) is 0 Å². The number of carbonyl (C=O) groups is 4. The van der Waals surface area contributed by atoms with Gasteiger partial charge in [-0.25, -0.2) is 0 Å². The lowest BCUT2D eigenvalue weighted by atomic mass is 10.1. The van der Waals surface area contributed by atoms with Crippen LogP contribution in [0.3, 0.4) is 0 Å². The number of benzene rings is 2. The highest BCUT2D eigenvalue weighted by Gasteiger charge is 2.43. The average molecular weight is 424 g/mol. The molecule has 2 aromatic carbocycles. The molecule has 12 heteroatoms. The third-order valence-corrected chi connectivity index (χ3v) is 5.17. The summed E-state index contributed by atoms with van der Waals surface area (Å²) in [5.74, 6) is -2.95. The third-order valence-electron chi connectivity index (χ3n) is 5.17. The van der Waals surface area contributed by atoms with Gasteiger partial charge in [-0.15, -0.1) is 0 Å². The Balaban J connectivity index is 1.59. The van der Waals surface area contributed by atoms with Crippen molar-refractivity contribution in [1.82, 2.24) is 9.80 Å². The Bertz CT molecular complexity index is 1240. The molecule has 0 saturated heterocycles. The minimum atomic E-state index is -0.941. The van der Waals surface area contributed by atoms with E-state index in [9.17, 15) is 39.4 Å². The van der Waals surface area contributed by atoms with Crippen LogP contribution in [0.15, 0.2) is 36.4 Å². The van der Waals surface area contributed by atoms with Crippen molar-refractivity contribution in [3.63, 3.8) is 0 Å². The fraction of sp³-hybridized carbons (Fsp3) is 0.158. The third kappa shape index (κ3) is 2.92. The normalized spacial score (nSPS) is 15.9. The molecule has 2 aliphatic heterocycles. The molecule has 0 unspecified atom stereocenters. The first-order chi connectivity index (χ1) is 14.6. The molecule has 12 nitrogen and oxygen atoms in total. The predicted molar refractivity (Wildman–Crippen MR) is 102 cm³/mol. The van der Waals surface area contributed by atoms with Gasteiger partial charge >= 0.3 is 0 Å². The molecule has 0 aromatic heterocycles. The summed E-state index contributed by atoms with van der Waals surface area (Å²) in [6.45, 7) is 1.11. The van der Waals surface area contributed by atoms with E-state index in [2.05, 4.69) is 0 Å². The molecular formula is C19H12N4O8. The molecule has 2 aromatic rings. The number of hydrogen-bond acceptors (Lipinski definition) is 8. The van der Waals surface area contributed by atoms with Gasteiger partial charge in [-0.3, -0.25) is 49.2 Å². The number of hydrogen-bond donors (Lipinski definition) is 0. The van der Waals surface area contributed by atoms with Gasteiger partial charge in [0, 0.05) is 24.3 Å². The van der Waals surface area contributed by atoms with E-state index >= 15 is 0 Å². The summed E-state index contributed by atoms with van der Waals surface area (Å²) in [6.07, 6.45) is 0. The van der Waals surface area contributed by atoms with Gasteiger partial charge < -0.3 is 0 Å². The highest BCUT2D eigenvalue weighted by molar-refractivity contribution is 6.23. The molecule has 0 radical (unpaired) electrons. The number of fused-ring (bicyclic) bond motifs is 2. The lowest BCUT2D eigenvalue weighted by Gasteiger charge is -2.26. The van der Waals surface area contributed by atoms with Crippen molar-refractivity contribution in [2.75, 3.05) is 6.54 Å². The Kier molecular flexibility index (Phi) is 4.34. The Morgan fingerprint density at radius 3 is 1.68 bits per heavy atom. The minimum Gasteiger partial charge on any atom is -0.272 e. The minimum absolute atomic E-state index is 0.0132. The summed E-state index contributed by atoms with van der Waals surface area (Å²) in [6, 6.07) is 5.64. The van der Waals surface area contributed by atoms with Crippen LogP contribution >= 0.6 is 0 Å². The Morgan fingerprint density at radius 1 is 0.742 bits per heavy atom. The Hall–Kier alpha value is -4.48. The summed E-state index contributed by atoms with van der Waals surface area (Å²) in [7, 11) is 0. The van der Waals surface area contributed by atoms with E-state index in [1.165, 1.54) is 19.1 Å². The number of nitrogens with zero attached hydrogens (tertiary/aromatic N) is 4. The van der Waals surface area contributed by atoms with Gasteiger partial charge in [-0.1, -0.05) is 0 Å². The van der Waals surface area contributed by atoms with E-state index in [-0.39, 0.29) is 40.2 Å². The number of amides is 4. The van der Waals surface area contributed by atoms with E-state index in [1.54, 1.807) is 0 Å². The van der Waals surface area contributed by atoms with Crippen molar-refractivity contribution >= 4 is 35.0 Å². The summed E-state index contributed by atoms with van der Waals surface area (Å²) >= 11 is 0. The van der Waals surface area contributed by atoms with Crippen molar-refractivity contribution in [3.05, 3.63) is 78.9 Å². The second-order valence-electron chi connectivity index (χ2n) is 7.02. The molecule has 156 valence electrons. The standard InChI is InChI=1S/C19H12N4O8/c1-9(21-18(26)13-5-3-11(23(30)31)7-15(13)19(21)27)8-20-16(24)12-4-2-10(22(28)29)6-14(12)17(20)25/h2-7,9H,8H2,1H3/t9-/m1/s1. The first-order valence-electron chi connectivity index (χ1n) is 8.92. The summed E-state index contributed by atoms with van der Waals surface area (Å²) in [4.78, 5) is 72.8. The fourth-order valence-electron chi connectivity index (χ4n) is 3.67. The van der Waals surface area contributed by atoms with Gasteiger partial charge in [0.25, 0.3) is 35.0 Å². The first kappa shape index (κ1) is 19.8. The molecule has 4 amide bonds. The van der Waals surface area contributed by atoms with Crippen LogP contribution in [0.1, 0.15) is 48.4 Å². The highest BCUT2D eigenvalue weighted by atomic mass is 16.6. The van der Waals surface area contributed by atoms with Gasteiger partial charge in [0.05, 0.1) is 44.7 Å². The number of non-ortho nitro benzene ring substituents is 2. The SMILES string of the molecule is C[C@H](CN1C(=O)c2ccc([N+](=O)[O-])cc2C1=O)N1C(=O)c2ccc([N+](=O)[O-])cc2C1=O. The Labute approximate surface area is 173 Å².